The largest absolute Gasteiger partial charge is 0.468 e. The molecular formula is C13H14BrFO3. The van der Waals surface area contributed by atoms with Gasteiger partial charge in [0.05, 0.1) is 13.2 Å². The van der Waals surface area contributed by atoms with Crippen LogP contribution in [-0.2, 0) is 14.3 Å². The zero-order valence-electron chi connectivity index (χ0n) is 9.99. The Bertz CT molecular complexity index is 444. The van der Waals surface area contributed by atoms with Crippen LogP contribution in [0.4, 0.5) is 4.39 Å². The monoisotopic (exact) mass is 316 g/mol. The average Bonchev–Trinajstić information content (AvgIpc) is 2.90. The van der Waals surface area contributed by atoms with Crippen LogP contribution < -0.4 is 0 Å². The number of halogens is 2. The highest BCUT2D eigenvalue weighted by Crippen LogP contribution is 2.36. The Hall–Kier alpha value is -0.940. The van der Waals surface area contributed by atoms with Gasteiger partial charge >= 0.3 is 5.97 Å². The lowest BCUT2D eigenvalue weighted by Gasteiger charge is -2.17. The zero-order chi connectivity index (χ0) is 13.1. The summed E-state index contributed by atoms with van der Waals surface area (Å²) in [6, 6.07) is 4.42. The molecular weight excluding hydrogens is 303 g/mol. The maximum absolute atomic E-state index is 13.3. The van der Waals surface area contributed by atoms with E-state index in [9.17, 15) is 9.18 Å². The molecule has 3 nitrogen and oxygen atoms in total. The summed E-state index contributed by atoms with van der Waals surface area (Å²) in [4.78, 5) is 10.9. The molecule has 0 bridgehead atoms. The van der Waals surface area contributed by atoms with Crippen LogP contribution in [0.1, 0.15) is 34.9 Å². The molecule has 1 heterocycles. The highest BCUT2D eigenvalue weighted by molar-refractivity contribution is 9.09. The first-order valence-corrected chi connectivity index (χ1v) is 6.68. The van der Waals surface area contributed by atoms with Gasteiger partial charge < -0.3 is 9.47 Å². The number of esters is 1. The molecule has 0 saturated carbocycles. The van der Waals surface area contributed by atoms with Crippen molar-refractivity contribution in [3.05, 3.63) is 35.1 Å². The van der Waals surface area contributed by atoms with E-state index in [-0.39, 0.29) is 11.9 Å². The molecule has 98 valence electrons. The molecule has 1 aliphatic heterocycles. The van der Waals surface area contributed by atoms with E-state index in [2.05, 4.69) is 20.7 Å². The Morgan fingerprint density at radius 3 is 3.00 bits per heavy atom. The maximum atomic E-state index is 13.3. The van der Waals surface area contributed by atoms with Gasteiger partial charge in [-0.25, -0.2) is 4.39 Å². The van der Waals surface area contributed by atoms with E-state index in [0.29, 0.717) is 12.2 Å². The molecule has 2 rings (SSSR count). The molecule has 0 radical (unpaired) electrons. The zero-order valence-corrected chi connectivity index (χ0v) is 11.6. The number of alkyl halides is 1. The van der Waals surface area contributed by atoms with Crippen LogP contribution in [0.15, 0.2) is 18.2 Å². The average molecular weight is 317 g/mol. The van der Waals surface area contributed by atoms with E-state index < -0.39 is 10.8 Å². The minimum absolute atomic E-state index is 0.0645. The summed E-state index contributed by atoms with van der Waals surface area (Å²) in [5.74, 6) is -0.819. The third-order valence-corrected chi connectivity index (χ3v) is 3.87. The van der Waals surface area contributed by atoms with E-state index in [1.165, 1.54) is 19.2 Å². The first-order chi connectivity index (χ1) is 8.63. The van der Waals surface area contributed by atoms with E-state index in [1.807, 2.05) is 0 Å². The quantitative estimate of drug-likeness (QED) is 0.634. The summed E-state index contributed by atoms with van der Waals surface area (Å²) in [5, 5.41) is 0. The molecule has 1 fully saturated rings. The fourth-order valence-corrected chi connectivity index (χ4v) is 2.70. The highest BCUT2D eigenvalue weighted by atomic mass is 79.9. The van der Waals surface area contributed by atoms with Crippen LogP contribution in [0.2, 0.25) is 0 Å². The summed E-state index contributed by atoms with van der Waals surface area (Å²) in [5.41, 5.74) is 1.43. The Morgan fingerprint density at radius 2 is 2.39 bits per heavy atom. The molecule has 2 unspecified atom stereocenters. The third kappa shape index (κ3) is 2.72. The molecule has 0 N–H and O–H groups in total. The predicted octanol–water partition coefficient (Wildman–Crippen LogP) is 3.29. The number of rotatable bonds is 3. The van der Waals surface area contributed by atoms with Crippen molar-refractivity contribution in [2.45, 2.75) is 23.8 Å². The second-order valence-corrected chi connectivity index (χ2v) is 5.08. The van der Waals surface area contributed by atoms with Crippen molar-refractivity contribution in [3.63, 3.8) is 0 Å². The maximum Gasteiger partial charge on any atom is 0.324 e. The van der Waals surface area contributed by atoms with Crippen LogP contribution in [0.3, 0.4) is 0 Å². The van der Waals surface area contributed by atoms with Crippen molar-refractivity contribution in [1.82, 2.24) is 0 Å². The van der Waals surface area contributed by atoms with E-state index in [0.717, 1.165) is 18.4 Å². The van der Waals surface area contributed by atoms with E-state index in [4.69, 9.17) is 4.74 Å². The second-order valence-electron chi connectivity index (χ2n) is 4.16. The van der Waals surface area contributed by atoms with Gasteiger partial charge in [-0.15, -0.1) is 0 Å². The normalized spacial score (nSPS) is 20.7. The van der Waals surface area contributed by atoms with Crippen molar-refractivity contribution in [2.75, 3.05) is 13.7 Å². The van der Waals surface area contributed by atoms with Gasteiger partial charge in [0.15, 0.2) is 0 Å². The van der Waals surface area contributed by atoms with Crippen LogP contribution in [0.5, 0.6) is 0 Å². The van der Waals surface area contributed by atoms with Gasteiger partial charge in [-0.1, -0.05) is 22.0 Å². The predicted molar refractivity (Wildman–Crippen MR) is 68.0 cm³/mol. The van der Waals surface area contributed by atoms with Crippen molar-refractivity contribution in [3.8, 4) is 0 Å². The van der Waals surface area contributed by atoms with Crippen molar-refractivity contribution < 1.29 is 18.7 Å². The second kappa shape index (κ2) is 5.80. The van der Waals surface area contributed by atoms with Gasteiger partial charge in [0.1, 0.15) is 10.6 Å². The van der Waals surface area contributed by atoms with E-state index >= 15 is 0 Å². The summed E-state index contributed by atoms with van der Waals surface area (Å²) in [6.07, 6.45) is 1.80. The Morgan fingerprint density at radius 1 is 1.61 bits per heavy atom. The Labute approximate surface area is 113 Å². The molecule has 1 saturated heterocycles. The highest BCUT2D eigenvalue weighted by Gasteiger charge is 2.27. The lowest BCUT2D eigenvalue weighted by atomic mass is 9.98. The molecule has 5 heteroatoms. The number of carbonyl (C=O) groups is 1. The van der Waals surface area contributed by atoms with Crippen molar-refractivity contribution in [1.29, 1.82) is 0 Å². The number of ether oxygens (including phenoxy) is 2. The van der Waals surface area contributed by atoms with E-state index in [1.54, 1.807) is 6.07 Å². The van der Waals surface area contributed by atoms with Crippen LogP contribution in [0, 0.1) is 5.82 Å². The third-order valence-electron chi connectivity index (χ3n) is 3.01. The fraction of sp³-hybridized carbons (Fsp3) is 0.462. The molecule has 0 aromatic heterocycles. The lowest BCUT2D eigenvalue weighted by molar-refractivity contribution is -0.139. The molecule has 18 heavy (non-hydrogen) atoms. The van der Waals surface area contributed by atoms with Gasteiger partial charge in [0, 0.05) is 6.61 Å². The molecule has 0 aliphatic carbocycles. The fourth-order valence-electron chi connectivity index (χ4n) is 2.11. The number of hydrogen-bond donors (Lipinski definition) is 0. The van der Waals surface area contributed by atoms with Gasteiger partial charge in [-0.05, 0) is 36.1 Å². The lowest BCUT2D eigenvalue weighted by Crippen LogP contribution is -2.12. The number of benzene rings is 1. The summed E-state index contributed by atoms with van der Waals surface area (Å²) < 4.78 is 23.6. The topological polar surface area (TPSA) is 35.5 Å². The molecule has 0 spiro atoms. The Kier molecular flexibility index (Phi) is 4.35. The SMILES string of the molecule is COC(=O)C(Br)c1cc(F)ccc1C1CCCO1. The van der Waals surface area contributed by atoms with Crippen LogP contribution in [-0.4, -0.2) is 19.7 Å². The molecule has 1 aromatic carbocycles. The molecule has 2 atom stereocenters. The van der Waals surface area contributed by atoms with Crippen LogP contribution >= 0.6 is 15.9 Å². The molecule has 0 amide bonds. The first-order valence-electron chi connectivity index (χ1n) is 5.76. The minimum atomic E-state index is -0.669. The minimum Gasteiger partial charge on any atom is -0.468 e. The summed E-state index contributed by atoms with van der Waals surface area (Å²) in [6.45, 7) is 0.701. The smallest absolute Gasteiger partial charge is 0.324 e. The van der Waals surface area contributed by atoms with Gasteiger partial charge in [-0.2, -0.15) is 0 Å². The number of hydrogen-bond acceptors (Lipinski definition) is 3. The Balaban J connectivity index is 2.36. The first kappa shape index (κ1) is 13.5. The number of carbonyl (C=O) groups excluding carboxylic acids is 1. The standard InChI is InChI=1S/C13H14BrFO3/c1-17-13(16)12(14)10-7-8(15)4-5-9(10)11-3-2-6-18-11/h4-5,7,11-12H,2-3,6H2,1H3. The molecule has 1 aromatic rings. The summed E-state index contributed by atoms with van der Waals surface area (Å²) in [7, 11) is 1.31. The van der Waals surface area contributed by atoms with Crippen LogP contribution in [0.25, 0.3) is 0 Å². The van der Waals surface area contributed by atoms with Crippen molar-refractivity contribution >= 4 is 21.9 Å². The molecule has 1 aliphatic rings. The van der Waals surface area contributed by atoms with Crippen molar-refractivity contribution in [2.24, 2.45) is 0 Å². The number of methoxy groups -OCH3 is 1. The van der Waals surface area contributed by atoms with Gasteiger partial charge in [0.25, 0.3) is 0 Å². The van der Waals surface area contributed by atoms with Gasteiger partial charge in [-0.3, -0.25) is 4.79 Å². The van der Waals surface area contributed by atoms with Gasteiger partial charge in [0.2, 0.25) is 0 Å². The summed E-state index contributed by atoms with van der Waals surface area (Å²) >= 11 is 3.25.